The molecule has 3 rings (SSSR count). The van der Waals surface area contributed by atoms with E-state index >= 15 is 0 Å². The van der Waals surface area contributed by atoms with Gasteiger partial charge in [-0.3, -0.25) is 9.80 Å². The minimum Gasteiger partial charge on any atom is -0.394 e. The molecule has 2 aliphatic heterocycles. The lowest BCUT2D eigenvalue weighted by molar-refractivity contribution is 0.120. The fraction of sp³-hybridized carbons (Fsp3) is 1.00. The summed E-state index contributed by atoms with van der Waals surface area (Å²) in [6.07, 6.45) is 7.85. The molecule has 4 heteroatoms. The van der Waals surface area contributed by atoms with Crippen LogP contribution in [-0.2, 0) is 0 Å². The van der Waals surface area contributed by atoms with Crippen molar-refractivity contribution in [3.05, 3.63) is 0 Å². The average Bonchev–Trinajstić information content (AvgIpc) is 3.21. The molecule has 3 fully saturated rings. The van der Waals surface area contributed by atoms with Crippen LogP contribution in [0.1, 0.15) is 38.5 Å². The number of nitrogens with zero attached hydrogens (tertiary/aromatic N) is 2. The van der Waals surface area contributed by atoms with Crippen LogP contribution in [-0.4, -0.2) is 65.8 Å². The minimum atomic E-state index is -0.337. The number of likely N-dealkylation sites (tertiary alicyclic amines) is 2. The fourth-order valence-corrected chi connectivity index (χ4v) is 3.92. The van der Waals surface area contributed by atoms with Gasteiger partial charge in [0.05, 0.1) is 12.1 Å². The lowest BCUT2D eigenvalue weighted by Gasteiger charge is -2.34. The molecule has 2 heterocycles. The topological polar surface area (TPSA) is 52.7 Å². The van der Waals surface area contributed by atoms with Crippen molar-refractivity contribution in [2.45, 2.75) is 50.1 Å². The van der Waals surface area contributed by atoms with Crippen molar-refractivity contribution in [3.63, 3.8) is 0 Å². The fourth-order valence-electron chi connectivity index (χ4n) is 3.92. The molecular weight excluding hydrogens is 238 g/mol. The second-order valence-corrected chi connectivity index (χ2v) is 6.94. The van der Waals surface area contributed by atoms with Crippen molar-refractivity contribution < 1.29 is 5.11 Å². The molecule has 1 saturated carbocycles. The second kappa shape index (κ2) is 5.68. The van der Waals surface area contributed by atoms with Gasteiger partial charge in [0.25, 0.3) is 0 Å². The molecule has 3 N–H and O–H groups in total. The summed E-state index contributed by atoms with van der Waals surface area (Å²) in [6, 6.07) is 0.738. The SMILES string of the molecule is NC(CO)(CN1CCC(N2CCCCC2)C1)C1CC1. The number of rotatable bonds is 5. The summed E-state index contributed by atoms with van der Waals surface area (Å²) < 4.78 is 0. The molecule has 110 valence electrons. The third-order valence-electron chi connectivity index (χ3n) is 5.36. The lowest BCUT2D eigenvalue weighted by atomic mass is 9.95. The van der Waals surface area contributed by atoms with Gasteiger partial charge in [0, 0.05) is 19.1 Å². The molecule has 0 aromatic rings. The van der Waals surface area contributed by atoms with Crippen molar-refractivity contribution in [1.29, 1.82) is 0 Å². The first-order valence-corrected chi connectivity index (χ1v) is 8.07. The van der Waals surface area contributed by atoms with E-state index in [2.05, 4.69) is 9.80 Å². The number of nitrogens with two attached hydrogens (primary N) is 1. The highest BCUT2D eigenvalue weighted by molar-refractivity contribution is 5.01. The van der Waals surface area contributed by atoms with Crippen molar-refractivity contribution in [2.75, 3.05) is 39.3 Å². The maximum absolute atomic E-state index is 9.61. The number of hydrogen-bond donors (Lipinski definition) is 2. The molecule has 0 radical (unpaired) electrons. The Morgan fingerprint density at radius 2 is 1.79 bits per heavy atom. The maximum Gasteiger partial charge on any atom is 0.0626 e. The second-order valence-electron chi connectivity index (χ2n) is 6.94. The first-order chi connectivity index (χ1) is 9.21. The summed E-state index contributed by atoms with van der Waals surface area (Å²) in [5, 5.41) is 9.61. The summed E-state index contributed by atoms with van der Waals surface area (Å²) in [5.74, 6) is 0.562. The van der Waals surface area contributed by atoms with Crippen molar-refractivity contribution in [1.82, 2.24) is 9.80 Å². The van der Waals surface area contributed by atoms with Crippen LogP contribution in [0.25, 0.3) is 0 Å². The molecule has 3 aliphatic rings. The zero-order chi connectivity index (χ0) is 13.3. The van der Waals surface area contributed by atoms with Gasteiger partial charge in [-0.05, 0) is 57.7 Å². The van der Waals surface area contributed by atoms with Crippen LogP contribution in [0.5, 0.6) is 0 Å². The van der Waals surface area contributed by atoms with E-state index in [1.54, 1.807) is 0 Å². The van der Waals surface area contributed by atoms with Crippen molar-refractivity contribution in [3.8, 4) is 0 Å². The monoisotopic (exact) mass is 267 g/mol. The van der Waals surface area contributed by atoms with E-state index in [0.717, 1.165) is 25.7 Å². The molecule has 0 bridgehead atoms. The lowest BCUT2D eigenvalue weighted by Crippen LogP contribution is -2.55. The number of piperidine rings is 1. The molecule has 2 atom stereocenters. The van der Waals surface area contributed by atoms with Crippen LogP contribution >= 0.6 is 0 Å². The Morgan fingerprint density at radius 1 is 1.05 bits per heavy atom. The van der Waals surface area contributed by atoms with Crippen LogP contribution < -0.4 is 5.73 Å². The van der Waals surface area contributed by atoms with Gasteiger partial charge in [-0.25, -0.2) is 0 Å². The van der Waals surface area contributed by atoms with Gasteiger partial charge in [0.2, 0.25) is 0 Å². The molecule has 2 unspecified atom stereocenters. The highest BCUT2D eigenvalue weighted by Crippen LogP contribution is 2.39. The zero-order valence-electron chi connectivity index (χ0n) is 12.1. The number of aliphatic hydroxyl groups excluding tert-OH is 1. The van der Waals surface area contributed by atoms with E-state index in [-0.39, 0.29) is 12.1 Å². The van der Waals surface area contributed by atoms with E-state index in [1.165, 1.54) is 51.6 Å². The third-order valence-corrected chi connectivity index (χ3v) is 5.36. The Labute approximate surface area is 116 Å². The molecule has 0 aromatic heterocycles. The largest absolute Gasteiger partial charge is 0.394 e. The standard InChI is InChI=1S/C15H29N3O/c16-15(12-19,13-4-5-13)11-17-9-6-14(10-17)18-7-2-1-3-8-18/h13-14,19H,1-12,16H2. The van der Waals surface area contributed by atoms with Crippen LogP contribution in [0, 0.1) is 5.92 Å². The van der Waals surface area contributed by atoms with E-state index in [9.17, 15) is 5.11 Å². The molecule has 19 heavy (non-hydrogen) atoms. The van der Waals surface area contributed by atoms with E-state index in [4.69, 9.17) is 5.73 Å². The predicted octanol–water partition coefficient (Wildman–Crippen LogP) is 0.646. The first kappa shape index (κ1) is 13.8. The Morgan fingerprint density at radius 3 is 2.42 bits per heavy atom. The van der Waals surface area contributed by atoms with Gasteiger partial charge in [0.15, 0.2) is 0 Å². The normalized spacial score (nSPS) is 33.5. The Kier molecular flexibility index (Phi) is 4.13. The molecule has 1 aliphatic carbocycles. The summed E-state index contributed by atoms with van der Waals surface area (Å²) in [7, 11) is 0. The van der Waals surface area contributed by atoms with Gasteiger partial charge in [-0.15, -0.1) is 0 Å². The third kappa shape index (κ3) is 3.13. The van der Waals surface area contributed by atoms with E-state index in [1.807, 2.05) is 0 Å². The first-order valence-electron chi connectivity index (χ1n) is 8.07. The van der Waals surface area contributed by atoms with Crippen LogP contribution in [0.3, 0.4) is 0 Å². The van der Waals surface area contributed by atoms with Gasteiger partial charge in [-0.2, -0.15) is 0 Å². The van der Waals surface area contributed by atoms with Crippen molar-refractivity contribution >= 4 is 0 Å². The van der Waals surface area contributed by atoms with Crippen molar-refractivity contribution in [2.24, 2.45) is 11.7 Å². The molecule has 0 spiro atoms. The summed E-state index contributed by atoms with van der Waals surface area (Å²) in [5.41, 5.74) is 6.06. The molecule has 2 saturated heterocycles. The quantitative estimate of drug-likeness (QED) is 0.768. The Balaban J connectivity index is 1.50. The molecule has 0 aromatic carbocycles. The maximum atomic E-state index is 9.61. The highest BCUT2D eigenvalue weighted by atomic mass is 16.3. The highest BCUT2D eigenvalue weighted by Gasteiger charge is 2.44. The van der Waals surface area contributed by atoms with Gasteiger partial charge >= 0.3 is 0 Å². The Bertz CT molecular complexity index is 302. The van der Waals surface area contributed by atoms with Crippen LogP contribution in [0.4, 0.5) is 0 Å². The molecular formula is C15H29N3O. The minimum absolute atomic E-state index is 0.141. The number of hydrogen-bond acceptors (Lipinski definition) is 4. The van der Waals surface area contributed by atoms with E-state index < -0.39 is 0 Å². The Hall–Kier alpha value is -0.160. The summed E-state index contributed by atoms with van der Waals surface area (Å²) in [6.45, 7) is 5.92. The van der Waals surface area contributed by atoms with Gasteiger partial charge in [-0.1, -0.05) is 6.42 Å². The van der Waals surface area contributed by atoms with Gasteiger partial charge < -0.3 is 10.8 Å². The number of aliphatic hydroxyl groups is 1. The average molecular weight is 267 g/mol. The van der Waals surface area contributed by atoms with E-state index in [0.29, 0.717) is 5.92 Å². The summed E-state index contributed by atoms with van der Waals surface area (Å²) in [4.78, 5) is 5.17. The molecule has 0 amide bonds. The van der Waals surface area contributed by atoms with Gasteiger partial charge in [0.1, 0.15) is 0 Å². The smallest absolute Gasteiger partial charge is 0.0626 e. The molecule has 4 nitrogen and oxygen atoms in total. The predicted molar refractivity (Wildman–Crippen MR) is 77.0 cm³/mol. The van der Waals surface area contributed by atoms with Crippen LogP contribution in [0.2, 0.25) is 0 Å². The zero-order valence-corrected chi connectivity index (χ0v) is 12.1. The van der Waals surface area contributed by atoms with Crippen LogP contribution in [0.15, 0.2) is 0 Å². The summed E-state index contributed by atoms with van der Waals surface area (Å²) >= 11 is 0.